The van der Waals surface area contributed by atoms with Crippen LogP contribution in [0, 0.1) is 5.82 Å². The van der Waals surface area contributed by atoms with Crippen LogP contribution in [0.3, 0.4) is 0 Å². The number of pyridine rings is 1. The zero-order valence-electron chi connectivity index (χ0n) is 13.7. The molecule has 0 amide bonds. The predicted octanol–water partition coefficient (Wildman–Crippen LogP) is 1.53. The number of halogens is 3. The largest absolute Gasteiger partial charge is 0.414 e. The van der Waals surface area contributed by atoms with Crippen molar-refractivity contribution in [3.8, 4) is 11.6 Å². The topological polar surface area (TPSA) is 112 Å². The van der Waals surface area contributed by atoms with Crippen molar-refractivity contribution in [2.24, 2.45) is 0 Å². The molecule has 0 spiro atoms. The van der Waals surface area contributed by atoms with Crippen molar-refractivity contribution in [3.05, 3.63) is 30.2 Å². The SMILES string of the molecule is CC1(NS(=O)(=O)c2cc(F)c3ncc(-c4nnc(C(F)F)o4)n3c2)COC1. The summed E-state index contributed by atoms with van der Waals surface area (Å²) >= 11 is 0. The highest BCUT2D eigenvalue weighted by Gasteiger charge is 2.38. The van der Waals surface area contributed by atoms with Crippen LogP contribution in [-0.2, 0) is 14.8 Å². The van der Waals surface area contributed by atoms with Gasteiger partial charge in [0.15, 0.2) is 11.5 Å². The first-order chi connectivity index (χ1) is 12.7. The minimum absolute atomic E-state index is 0.0291. The Labute approximate surface area is 150 Å². The van der Waals surface area contributed by atoms with E-state index in [2.05, 4.69) is 19.9 Å². The van der Waals surface area contributed by atoms with Gasteiger partial charge >= 0.3 is 6.43 Å². The zero-order valence-corrected chi connectivity index (χ0v) is 14.5. The number of ether oxygens (including phenoxy) is 1. The maximum absolute atomic E-state index is 14.4. The van der Waals surface area contributed by atoms with E-state index in [-0.39, 0.29) is 35.3 Å². The van der Waals surface area contributed by atoms with Crippen molar-refractivity contribution in [1.29, 1.82) is 0 Å². The Bertz CT molecular complexity index is 1120. The van der Waals surface area contributed by atoms with E-state index in [0.717, 1.165) is 22.9 Å². The Morgan fingerprint density at radius 1 is 1.33 bits per heavy atom. The molecule has 4 heterocycles. The highest BCUT2D eigenvalue weighted by atomic mass is 32.2. The van der Waals surface area contributed by atoms with Crippen molar-refractivity contribution in [3.63, 3.8) is 0 Å². The lowest BCUT2D eigenvalue weighted by Crippen LogP contribution is -2.59. The molecular formula is C14H12F3N5O4S. The molecule has 0 bridgehead atoms. The van der Waals surface area contributed by atoms with Gasteiger partial charge in [0.1, 0.15) is 10.6 Å². The lowest BCUT2D eigenvalue weighted by molar-refractivity contribution is -0.0523. The Kier molecular flexibility index (Phi) is 3.98. The first-order valence-corrected chi connectivity index (χ1v) is 9.07. The first-order valence-electron chi connectivity index (χ1n) is 7.59. The van der Waals surface area contributed by atoms with Crippen molar-refractivity contribution < 1.29 is 30.7 Å². The summed E-state index contributed by atoms with van der Waals surface area (Å²) in [5, 5.41) is 6.67. The second-order valence-corrected chi connectivity index (χ2v) is 7.95. The van der Waals surface area contributed by atoms with Crippen molar-refractivity contribution in [2.45, 2.75) is 23.8 Å². The van der Waals surface area contributed by atoms with Crippen LogP contribution in [0.15, 0.2) is 27.8 Å². The monoisotopic (exact) mass is 403 g/mol. The van der Waals surface area contributed by atoms with Gasteiger partial charge in [0.2, 0.25) is 10.0 Å². The predicted molar refractivity (Wildman–Crippen MR) is 82.9 cm³/mol. The third-order valence-corrected chi connectivity index (χ3v) is 5.52. The Morgan fingerprint density at radius 3 is 2.67 bits per heavy atom. The van der Waals surface area contributed by atoms with Gasteiger partial charge < -0.3 is 9.15 Å². The lowest BCUT2D eigenvalue weighted by Gasteiger charge is -2.38. The van der Waals surface area contributed by atoms with E-state index < -0.39 is 33.7 Å². The third-order valence-electron chi connectivity index (χ3n) is 3.91. The van der Waals surface area contributed by atoms with E-state index in [1.54, 1.807) is 6.92 Å². The quantitative estimate of drug-likeness (QED) is 0.688. The summed E-state index contributed by atoms with van der Waals surface area (Å²) < 4.78 is 78.1. The molecule has 13 heteroatoms. The molecule has 27 heavy (non-hydrogen) atoms. The molecule has 1 saturated heterocycles. The number of imidazole rings is 1. The summed E-state index contributed by atoms with van der Waals surface area (Å²) in [7, 11) is -4.08. The number of fused-ring (bicyclic) bond motifs is 1. The molecule has 1 N–H and O–H groups in total. The average molecular weight is 403 g/mol. The van der Waals surface area contributed by atoms with Gasteiger partial charge in [-0.2, -0.15) is 8.78 Å². The number of aromatic nitrogens is 4. The van der Waals surface area contributed by atoms with Crippen LogP contribution >= 0.6 is 0 Å². The fourth-order valence-electron chi connectivity index (χ4n) is 2.60. The van der Waals surface area contributed by atoms with Gasteiger partial charge in [0, 0.05) is 6.20 Å². The molecule has 0 unspecified atom stereocenters. The standard InChI is InChI=1S/C14H12F3N5O4S/c1-14(5-25-6-14)21-27(23,24)7-2-8(15)11-18-3-9(22(11)4-7)12-19-20-13(26-12)10(16)17/h2-4,10,21H,5-6H2,1H3. The highest BCUT2D eigenvalue weighted by molar-refractivity contribution is 7.89. The summed E-state index contributed by atoms with van der Waals surface area (Å²) in [5.41, 5.74) is -1.04. The number of rotatable bonds is 5. The fraction of sp³-hybridized carbons (Fsp3) is 0.357. The van der Waals surface area contributed by atoms with Crippen LogP contribution in [0.4, 0.5) is 13.2 Å². The van der Waals surface area contributed by atoms with Crippen LogP contribution in [0.25, 0.3) is 17.2 Å². The van der Waals surface area contributed by atoms with E-state index in [4.69, 9.17) is 9.15 Å². The van der Waals surface area contributed by atoms with E-state index in [0.29, 0.717) is 0 Å². The van der Waals surface area contributed by atoms with E-state index in [9.17, 15) is 21.6 Å². The molecule has 0 saturated carbocycles. The molecule has 4 rings (SSSR count). The third kappa shape index (κ3) is 3.07. The van der Waals surface area contributed by atoms with Gasteiger partial charge in [-0.15, -0.1) is 10.2 Å². The van der Waals surface area contributed by atoms with E-state index >= 15 is 0 Å². The maximum Gasteiger partial charge on any atom is 0.314 e. The molecule has 0 radical (unpaired) electrons. The molecule has 0 aromatic carbocycles. The molecule has 1 fully saturated rings. The summed E-state index contributed by atoms with van der Waals surface area (Å²) in [4.78, 5) is 3.43. The van der Waals surface area contributed by atoms with Gasteiger partial charge in [0.25, 0.3) is 11.8 Å². The minimum atomic E-state index is -4.08. The number of hydrogen-bond acceptors (Lipinski definition) is 7. The van der Waals surface area contributed by atoms with Gasteiger partial charge in [-0.25, -0.2) is 22.5 Å². The van der Waals surface area contributed by atoms with Gasteiger partial charge in [0.05, 0.1) is 24.9 Å². The second-order valence-electron chi connectivity index (χ2n) is 6.27. The summed E-state index contributed by atoms with van der Waals surface area (Å²) in [6, 6.07) is 0.815. The summed E-state index contributed by atoms with van der Waals surface area (Å²) in [5.74, 6) is -2.18. The van der Waals surface area contributed by atoms with Gasteiger partial charge in [-0.3, -0.25) is 4.40 Å². The van der Waals surface area contributed by atoms with Crippen LogP contribution in [-0.4, -0.2) is 46.8 Å². The average Bonchev–Trinajstić information content (AvgIpc) is 3.19. The van der Waals surface area contributed by atoms with Crippen molar-refractivity contribution >= 4 is 15.7 Å². The zero-order chi connectivity index (χ0) is 19.4. The van der Waals surface area contributed by atoms with Crippen LogP contribution in [0.1, 0.15) is 19.2 Å². The van der Waals surface area contributed by atoms with Gasteiger partial charge in [-0.1, -0.05) is 0 Å². The summed E-state index contributed by atoms with van der Waals surface area (Å²) in [6.07, 6.45) is -0.766. The number of nitrogens with one attached hydrogen (secondary N) is 1. The number of alkyl halides is 2. The highest BCUT2D eigenvalue weighted by Crippen LogP contribution is 2.27. The molecule has 0 atom stereocenters. The maximum atomic E-state index is 14.4. The molecule has 144 valence electrons. The number of sulfonamides is 1. The Morgan fingerprint density at radius 2 is 2.07 bits per heavy atom. The normalized spacial score (nSPS) is 16.8. The Hall–Kier alpha value is -2.51. The number of nitrogens with zero attached hydrogens (tertiary/aromatic N) is 4. The Balaban J connectivity index is 1.80. The lowest BCUT2D eigenvalue weighted by atomic mass is 10.0. The fourth-order valence-corrected chi connectivity index (χ4v) is 3.99. The second kappa shape index (κ2) is 6.00. The molecule has 3 aromatic heterocycles. The van der Waals surface area contributed by atoms with E-state index in [1.165, 1.54) is 0 Å². The van der Waals surface area contributed by atoms with Gasteiger partial charge in [-0.05, 0) is 13.0 Å². The van der Waals surface area contributed by atoms with Crippen molar-refractivity contribution in [1.82, 2.24) is 24.3 Å². The molecule has 0 aliphatic carbocycles. The number of hydrogen-bond donors (Lipinski definition) is 1. The summed E-state index contributed by atoms with van der Waals surface area (Å²) in [6.45, 7) is 2.02. The van der Waals surface area contributed by atoms with Crippen LogP contribution in [0.2, 0.25) is 0 Å². The molecule has 9 nitrogen and oxygen atoms in total. The smallest absolute Gasteiger partial charge is 0.314 e. The molecule has 1 aliphatic rings. The van der Waals surface area contributed by atoms with Crippen molar-refractivity contribution in [2.75, 3.05) is 13.2 Å². The van der Waals surface area contributed by atoms with E-state index in [1.807, 2.05) is 0 Å². The first kappa shape index (κ1) is 17.9. The molecular weight excluding hydrogens is 391 g/mol. The van der Waals surface area contributed by atoms with Crippen LogP contribution < -0.4 is 4.72 Å². The molecule has 1 aliphatic heterocycles. The minimum Gasteiger partial charge on any atom is -0.414 e. The molecule has 3 aromatic rings. The van der Waals surface area contributed by atoms with Crippen LogP contribution in [0.5, 0.6) is 0 Å².